The number of nitrogens with one attached hydrogen (secondary N) is 1. The molecule has 4 aromatic rings. The van der Waals surface area contributed by atoms with E-state index in [4.69, 9.17) is 11.6 Å². The van der Waals surface area contributed by atoms with Crippen molar-refractivity contribution in [3.8, 4) is 5.75 Å². The predicted octanol–water partition coefficient (Wildman–Crippen LogP) is 4.43. The maximum Gasteiger partial charge on any atom is 0.157 e. The fourth-order valence-electron chi connectivity index (χ4n) is 2.62. The SMILES string of the molecule is Cc1cc2c(cc1O)nc(Nc1c(F)cccc1Cl)c1cncn12.[W]. The van der Waals surface area contributed by atoms with Crippen LogP contribution in [0.2, 0.25) is 5.02 Å². The number of imidazole rings is 1. The van der Waals surface area contributed by atoms with Gasteiger partial charge < -0.3 is 10.4 Å². The molecule has 126 valence electrons. The standard InChI is InChI=1S/C17H12ClFN4O.W/c1-9-5-13-12(6-15(9)24)21-17(14-7-20-8-23(13)14)22-16-10(18)3-2-4-11(16)19;/h2-8,24H,1H3,(H,21,22);. The molecule has 25 heavy (non-hydrogen) atoms. The number of fused-ring (bicyclic) bond motifs is 3. The Morgan fingerprint density at radius 3 is 2.80 bits per heavy atom. The zero-order chi connectivity index (χ0) is 16.8. The average molecular weight is 527 g/mol. The average Bonchev–Trinajstić information content (AvgIpc) is 3.03. The van der Waals surface area contributed by atoms with Crippen LogP contribution < -0.4 is 5.32 Å². The van der Waals surface area contributed by atoms with E-state index in [1.807, 2.05) is 17.4 Å². The molecular weight excluding hydrogens is 515 g/mol. The molecule has 0 bridgehead atoms. The Kier molecular flexibility index (Phi) is 4.67. The molecule has 5 nitrogen and oxygen atoms in total. The van der Waals surface area contributed by atoms with Crippen molar-refractivity contribution < 1.29 is 30.6 Å². The van der Waals surface area contributed by atoms with E-state index in [-0.39, 0.29) is 37.5 Å². The third-order valence-corrected chi connectivity index (χ3v) is 4.19. The molecule has 0 unspecified atom stereocenters. The second-order valence-electron chi connectivity index (χ2n) is 5.46. The van der Waals surface area contributed by atoms with Crippen LogP contribution in [0.15, 0.2) is 42.9 Å². The summed E-state index contributed by atoms with van der Waals surface area (Å²) in [5.74, 6) is 0.0633. The first-order valence-electron chi connectivity index (χ1n) is 7.21. The van der Waals surface area contributed by atoms with Crippen LogP contribution in [0.4, 0.5) is 15.9 Å². The van der Waals surface area contributed by atoms with Crippen molar-refractivity contribution in [1.29, 1.82) is 0 Å². The Bertz CT molecular complexity index is 1080. The maximum absolute atomic E-state index is 14.1. The Balaban J connectivity index is 0.00000182. The van der Waals surface area contributed by atoms with Crippen LogP contribution >= 0.6 is 11.6 Å². The van der Waals surface area contributed by atoms with E-state index in [0.29, 0.717) is 16.9 Å². The first-order valence-corrected chi connectivity index (χ1v) is 7.59. The first kappa shape index (κ1) is 17.6. The Labute approximate surface area is 161 Å². The zero-order valence-corrected chi connectivity index (χ0v) is 16.7. The molecule has 0 saturated carbocycles. The predicted molar refractivity (Wildman–Crippen MR) is 91.6 cm³/mol. The van der Waals surface area contributed by atoms with Gasteiger partial charge in [-0.3, -0.25) is 4.40 Å². The number of aromatic nitrogens is 3. The molecule has 0 fully saturated rings. The molecule has 4 rings (SSSR count). The molecular formula is C17H12ClFN4OW. The van der Waals surface area contributed by atoms with Crippen molar-refractivity contribution in [2.75, 3.05) is 5.32 Å². The fourth-order valence-corrected chi connectivity index (χ4v) is 2.83. The number of benzene rings is 2. The van der Waals surface area contributed by atoms with Crippen LogP contribution in [0.25, 0.3) is 16.6 Å². The van der Waals surface area contributed by atoms with Gasteiger partial charge in [0.2, 0.25) is 0 Å². The molecule has 0 aliphatic carbocycles. The number of para-hydroxylation sites is 1. The number of aryl methyl sites for hydroxylation is 1. The van der Waals surface area contributed by atoms with E-state index < -0.39 is 5.82 Å². The minimum absolute atomic E-state index is 0. The third kappa shape index (κ3) is 2.96. The molecule has 2 aromatic carbocycles. The van der Waals surface area contributed by atoms with Gasteiger partial charge in [-0.25, -0.2) is 14.4 Å². The van der Waals surface area contributed by atoms with Gasteiger partial charge >= 0.3 is 0 Å². The fraction of sp³-hybridized carbons (Fsp3) is 0.0588. The molecule has 0 aliphatic heterocycles. The molecule has 0 amide bonds. The van der Waals surface area contributed by atoms with Crippen molar-refractivity contribution in [2.24, 2.45) is 0 Å². The number of aromatic hydroxyl groups is 1. The zero-order valence-electron chi connectivity index (χ0n) is 13.0. The van der Waals surface area contributed by atoms with Gasteiger partial charge in [0.1, 0.15) is 17.1 Å². The summed E-state index contributed by atoms with van der Waals surface area (Å²) in [6, 6.07) is 7.84. The van der Waals surface area contributed by atoms with E-state index in [2.05, 4.69) is 15.3 Å². The number of anilines is 2. The molecule has 0 saturated heterocycles. The van der Waals surface area contributed by atoms with Crippen molar-refractivity contribution in [2.45, 2.75) is 6.92 Å². The summed E-state index contributed by atoms with van der Waals surface area (Å²) in [4.78, 5) is 8.64. The number of phenolic OH excluding ortho intramolecular Hbond substituents is 1. The van der Waals surface area contributed by atoms with Gasteiger partial charge in [-0.2, -0.15) is 0 Å². The van der Waals surface area contributed by atoms with Crippen molar-refractivity contribution in [3.05, 3.63) is 59.3 Å². The Hall–Kier alpha value is -2.17. The smallest absolute Gasteiger partial charge is 0.157 e. The Morgan fingerprint density at radius 1 is 1.24 bits per heavy atom. The minimum Gasteiger partial charge on any atom is -0.508 e. The van der Waals surface area contributed by atoms with Gasteiger partial charge in [0.15, 0.2) is 5.82 Å². The summed E-state index contributed by atoms with van der Waals surface area (Å²) >= 11 is 6.08. The van der Waals surface area contributed by atoms with Gasteiger partial charge in [-0.1, -0.05) is 17.7 Å². The molecule has 0 aliphatic rings. The maximum atomic E-state index is 14.1. The number of rotatable bonds is 2. The van der Waals surface area contributed by atoms with Gasteiger partial charge in [0.25, 0.3) is 0 Å². The molecule has 0 spiro atoms. The number of hydrogen-bond donors (Lipinski definition) is 2. The molecule has 0 radical (unpaired) electrons. The topological polar surface area (TPSA) is 62.5 Å². The van der Waals surface area contributed by atoms with Crippen LogP contribution in [0, 0.1) is 12.7 Å². The second kappa shape index (κ2) is 6.62. The Morgan fingerprint density at radius 2 is 2.04 bits per heavy atom. The van der Waals surface area contributed by atoms with E-state index >= 15 is 0 Å². The number of nitrogens with zero attached hydrogens (tertiary/aromatic N) is 3. The van der Waals surface area contributed by atoms with Gasteiger partial charge in [0, 0.05) is 27.1 Å². The largest absolute Gasteiger partial charge is 0.508 e. The van der Waals surface area contributed by atoms with E-state index in [1.54, 1.807) is 24.7 Å². The third-order valence-electron chi connectivity index (χ3n) is 3.87. The van der Waals surface area contributed by atoms with Gasteiger partial charge in [-0.15, -0.1) is 0 Å². The first-order chi connectivity index (χ1) is 11.5. The van der Waals surface area contributed by atoms with Crippen LogP contribution in [0.3, 0.4) is 0 Å². The van der Waals surface area contributed by atoms with Crippen molar-refractivity contribution >= 4 is 39.7 Å². The normalized spacial score (nSPS) is 10.8. The minimum atomic E-state index is -0.478. The van der Waals surface area contributed by atoms with Gasteiger partial charge in [-0.05, 0) is 30.7 Å². The van der Waals surface area contributed by atoms with E-state index in [9.17, 15) is 9.50 Å². The molecule has 2 heterocycles. The van der Waals surface area contributed by atoms with Crippen LogP contribution in [0.5, 0.6) is 5.75 Å². The molecule has 2 N–H and O–H groups in total. The summed E-state index contributed by atoms with van der Waals surface area (Å²) < 4.78 is 15.9. The van der Waals surface area contributed by atoms with Crippen LogP contribution in [-0.4, -0.2) is 19.5 Å². The molecule has 0 atom stereocenters. The quantitative estimate of drug-likeness (QED) is 0.406. The monoisotopic (exact) mass is 526 g/mol. The number of hydrogen-bond acceptors (Lipinski definition) is 4. The number of halogens is 2. The van der Waals surface area contributed by atoms with E-state index in [0.717, 1.165) is 11.1 Å². The summed E-state index contributed by atoms with van der Waals surface area (Å²) in [5, 5.41) is 13.1. The van der Waals surface area contributed by atoms with Crippen LogP contribution in [-0.2, 0) is 21.1 Å². The summed E-state index contributed by atoms with van der Waals surface area (Å²) in [6.45, 7) is 1.81. The summed E-state index contributed by atoms with van der Waals surface area (Å²) in [5.41, 5.74) is 2.90. The van der Waals surface area contributed by atoms with E-state index in [1.165, 1.54) is 12.1 Å². The number of phenols is 1. The van der Waals surface area contributed by atoms with Gasteiger partial charge in [0.05, 0.1) is 34.3 Å². The summed E-state index contributed by atoms with van der Waals surface area (Å²) in [7, 11) is 0. The van der Waals surface area contributed by atoms with Crippen molar-refractivity contribution in [3.63, 3.8) is 0 Å². The van der Waals surface area contributed by atoms with Crippen LogP contribution in [0.1, 0.15) is 5.56 Å². The molecule has 2 aromatic heterocycles. The van der Waals surface area contributed by atoms with Crippen molar-refractivity contribution in [1.82, 2.24) is 14.4 Å². The second-order valence-corrected chi connectivity index (χ2v) is 5.87. The molecule has 8 heteroatoms. The summed E-state index contributed by atoms with van der Waals surface area (Å²) in [6.07, 6.45) is 3.27.